The van der Waals surface area contributed by atoms with E-state index in [1.807, 2.05) is 31.2 Å². The molecule has 1 aromatic heterocycles. The number of hydrogen-bond acceptors (Lipinski definition) is 7. The third-order valence-electron chi connectivity index (χ3n) is 5.70. The lowest BCUT2D eigenvalue weighted by molar-refractivity contribution is -0.385. The minimum Gasteiger partial charge on any atom is -0.326 e. The van der Waals surface area contributed by atoms with Crippen LogP contribution in [0.5, 0.6) is 0 Å². The topological polar surface area (TPSA) is 123 Å². The van der Waals surface area contributed by atoms with Gasteiger partial charge in [-0.05, 0) is 55.0 Å². The van der Waals surface area contributed by atoms with Gasteiger partial charge in [0.1, 0.15) is 10.6 Å². The molecule has 0 bridgehead atoms. The average Bonchev–Trinajstić information content (AvgIpc) is 3.36. The zero-order valence-electron chi connectivity index (χ0n) is 18.5. The molecule has 5 rings (SSSR count). The maximum atomic E-state index is 12.6. The van der Waals surface area contributed by atoms with E-state index < -0.39 is 22.4 Å². The van der Waals surface area contributed by atoms with Crippen molar-refractivity contribution in [1.82, 2.24) is 9.88 Å². The van der Waals surface area contributed by atoms with Crippen molar-refractivity contribution in [2.75, 3.05) is 11.9 Å². The Bertz CT molecular complexity index is 1530. The highest BCUT2D eigenvalue weighted by Crippen LogP contribution is 2.32. The Labute approximate surface area is 203 Å². The number of nitrogens with one attached hydrogen (secondary N) is 1. The van der Waals surface area contributed by atoms with Crippen molar-refractivity contribution in [2.45, 2.75) is 13.3 Å². The van der Waals surface area contributed by atoms with Crippen LogP contribution in [0.25, 0.3) is 20.8 Å². The largest absolute Gasteiger partial charge is 0.326 e. The van der Waals surface area contributed by atoms with E-state index in [0.29, 0.717) is 5.69 Å². The van der Waals surface area contributed by atoms with Crippen LogP contribution in [0.3, 0.4) is 0 Å². The van der Waals surface area contributed by atoms with E-state index >= 15 is 0 Å². The summed E-state index contributed by atoms with van der Waals surface area (Å²) in [5, 5.41) is 14.8. The summed E-state index contributed by atoms with van der Waals surface area (Å²) in [4.78, 5) is 53.7. The molecule has 1 aliphatic rings. The van der Waals surface area contributed by atoms with Gasteiger partial charge in [-0.25, -0.2) is 4.98 Å². The van der Waals surface area contributed by atoms with E-state index in [1.165, 1.54) is 23.8 Å². The Morgan fingerprint density at radius 2 is 1.86 bits per heavy atom. The number of thiazole rings is 1. The summed E-state index contributed by atoms with van der Waals surface area (Å²) in [6, 6.07) is 17.3. The van der Waals surface area contributed by atoms with Gasteiger partial charge < -0.3 is 5.32 Å². The number of nitro benzene ring substituents is 1. The van der Waals surface area contributed by atoms with Crippen LogP contribution in [0.2, 0.25) is 0 Å². The third kappa shape index (κ3) is 4.15. The maximum Gasteiger partial charge on any atom is 0.282 e. The third-order valence-corrected chi connectivity index (χ3v) is 6.76. The highest BCUT2D eigenvalue weighted by Gasteiger charge is 2.40. The summed E-state index contributed by atoms with van der Waals surface area (Å²) in [5.74, 6) is -1.79. The van der Waals surface area contributed by atoms with Gasteiger partial charge in [0, 0.05) is 30.3 Å². The summed E-state index contributed by atoms with van der Waals surface area (Å²) >= 11 is 1.59. The summed E-state index contributed by atoms with van der Waals surface area (Å²) in [5.41, 5.74) is 2.92. The molecule has 174 valence electrons. The Morgan fingerprint density at radius 3 is 2.60 bits per heavy atom. The maximum absolute atomic E-state index is 12.6. The molecule has 1 aliphatic heterocycles. The number of hydrogen-bond donors (Lipinski definition) is 1. The molecular formula is C25H18N4O5S. The van der Waals surface area contributed by atoms with E-state index in [1.54, 1.807) is 23.5 Å². The van der Waals surface area contributed by atoms with Crippen molar-refractivity contribution in [3.8, 4) is 10.6 Å². The fourth-order valence-electron chi connectivity index (χ4n) is 3.96. The minimum atomic E-state index is -0.763. The van der Waals surface area contributed by atoms with Gasteiger partial charge >= 0.3 is 0 Å². The van der Waals surface area contributed by atoms with E-state index in [9.17, 15) is 24.5 Å². The lowest BCUT2D eigenvalue weighted by Gasteiger charge is -2.13. The summed E-state index contributed by atoms with van der Waals surface area (Å²) in [6.45, 7) is 1.85. The molecule has 0 spiro atoms. The van der Waals surface area contributed by atoms with E-state index in [2.05, 4.69) is 16.4 Å². The number of aromatic nitrogens is 1. The van der Waals surface area contributed by atoms with Gasteiger partial charge in [0.25, 0.3) is 17.5 Å². The Morgan fingerprint density at radius 1 is 1.09 bits per heavy atom. The molecule has 4 aromatic rings. The lowest BCUT2D eigenvalue weighted by Crippen LogP contribution is -2.33. The van der Waals surface area contributed by atoms with Crippen molar-refractivity contribution in [3.63, 3.8) is 0 Å². The van der Waals surface area contributed by atoms with Crippen molar-refractivity contribution in [1.29, 1.82) is 0 Å². The molecule has 0 saturated heterocycles. The zero-order valence-corrected chi connectivity index (χ0v) is 19.3. The highest BCUT2D eigenvalue weighted by molar-refractivity contribution is 7.21. The average molecular weight is 487 g/mol. The smallest absolute Gasteiger partial charge is 0.282 e. The molecule has 0 atom stereocenters. The molecular weight excluding hydrogens is 468 g/mol. The normalized spacial score (nSPS) is 12.8. The van der Waals surface area contributed by atoms with Gasteiger partial charge in [-0.3, -0.25) is 29.4 Å². The fourth-order valence-corrected chi connectivity index (χ4v) is 5.03. The van der Waals surface area contributed by atoms with E-state index in [0.717, 1.165) is 25.7 Å². The fraction of sp³-hybridized carbons (Fsp3) is 0.120. The second-order valence-corrected chi connectivity index (χ2v) is 9.12. The number of carbonyl (C=O) groups is 3. The van der Waals surface area contributed by atoms with Crippen LogP contribution in [-0.2, 0) is 4.79 Å². The minimum absolute atomic E-state index is 0.0230. The molecule has 9 nitrogen and oxygen atoms in total. The van der Waals surface area contributed by atoms with Crippen LogP contribution < -0.4 is 5.32 Å². The number of rotatable bonds is 6. The van der Waals surface area contributed by atoms with Crippen molar-refractivity contribution >= 4 is 50.6 Å². The molecule has 0 unspecified atom stereocenters. The number of carbonyl (C=O) groups excluding carboxylic acids is 3. The number of aryl methyl sites for hydroxylation is 1. The first kappa shape index (κ1) is 22.4. The van der Waals surface area contributed by atoms with Crippen LogP contribution in [0.4, 0.5) is 11.4 Å². The van der Waals surface area contributed by atoms with Gasteiger partial charge in [-0.1, -0.05) is 12.1 Å². The number of imide groups is 1. The second-order valence-electron chi connectivity index (χ2n) is 8.08. The van der Waals surface area contributed by atoms with Gasteiger partial charge in [0.15, 0.2) is 0 Å². The Balaban J connectivity index is 1.23. The molecule has 3 amide bonds. The van der Waals surface area contributed by atoms with Crippen LogP contribution >= 0.6 is 11.3 Å². The van der Waals surface area contributed by atoms with Crippen molar-refractivity contribution < 1.29 is 19.3 Å². The zero-order chi connectivity index (χ0) is 24.7. The number of anilines is 1. The monoisotopic (exact) mass is 486 g/mol. The molecule has 0 aliphatic carbocycles. The first-order valence-corrected chi connectivity index (χ1v) is 11.5. The van der Waals surface area contributed by atoms with Crippen LogP contribution in [0.1, 0.15) is 32.7 Å². The lowest BCUT2D eigenvalue weighted by atomic mass is 10.1. The predicted octanol–water partition coefficient (Wildman–Crippen LogP) is 4.80. The molecule has 1 N–H and O–H groups in total. The number of fused-ring (bicyclic) bond motifs is 2. The summed E-state index contributed by atoms with van der Waals surface area (Å²) in [6.07, 6.45) is -0.141. The van der Waals surface area contributed by atoms with Gasteiger partial charge in [-0.2, -0.15) is 0 Å². The first-order valence-electron chi connectivity index (χ1n) is 10.7. The molecule has 10 heteroatoms. The number of nitro groups is 1. The summed E-state index contributed by atoms with van der Waals surface area (Å²) < 4.78 is 1.11. The number of amides is 3. The van der Waals surface area contributed by atoms with Crippen LogP contribution in [0.15, 0.2) is 60.7 Å². The molecule has 0 saturated carbocycles. The van der Waals surface area contributed by atoms with Crippen molar-refractivity contribution in [3.05, 3.63) is 87.5 Å². The molecule has 35 heavy (non-hydrogen) atoms. The second kappa shape index (κ2) is 8.73. The predicted molar refractivity (Wildman–Crippen MR) is 132 cm³/mol. The van der Waals surface area contributed by atoms with Gasteiger partial charge in [-0.15, -0.1) is 11.3 Å². The van der Waals surface area contributed by atoms with Crippen LogP contribution in [0, 0.1) is 17.0 Å². The van der Waals surface area contributed by atoms with Crippen LogP contribution in [-0.4, -0.2) is 39.1 Å². The highest BCUT2D eigenvalue weighted by atomic mass is 32.1. The molecule has 2 heterocycles. The molecule has 0 radical (unpaired) electrons. The van der Waals surface area contributed by atoms with E-state index in [-0.39, 0.29) is 30.0 Å². The molecule has 0 fully saturated rings. The first-order chi connectivity index (χ1) is 16.8. The molecule has 3 aromatic carbocycles. The standard InChI is InChI=1S/C25H18N4O5S/c1-14-5-10-18-20(13-14)35-23(27-18)15-6-8-16(9-7-15)26-21(30)11-12-28-24(31)17-3-2-4-19(29(33)34)22(17)25(28)32/h2-10,13H,11-12H2,1H3,(H,26,30). The Hall–Kier alpha value is -4.44. The van der Waals surface area contributed by atoms with Crippen molar-refractivity contribution in [2.24, 2.45) is 0 Å². The number of benzene rings is 3. The van der Waals surface area contributed by atoms with E-state index in [4.69, 9.17) is 0 Å². The summed E-state index contributed by atoms with van der Waals surface area (Å²) in [7, 11) is 0. The van der Waals surface area contributed by atoms with Gasteiger partial charge in [0.2, 0.25) is 5.91 Å². The van der Waals surface area contributed by atoms with Gasteiger partial charge in [0.05, 0.1) is 20.7 Å². The quantitative estimate of drug-likeness (QED) is 0.237. The Kier molecular flexibility index (Phi) is 5.58. The SMILES string of the molecule is Cc1ccc2nc(-c3ccc(NC(=O)CCN4C(=O)c5cccc([N+](=O)[O-])c5C4=O)cc3)sc2c1. The number of nitrogens with zero attached hydrogens (tertiary/aromatic N) is 3.